The summed E-state index contributed by atoms with van der Waals surface area (Å²) in [7, 11) is 0. The molecule has 6 atom stereocenters. The third kappa shape index (κ3) is 15.3. The van der Waals surface area contributed by atoms with E-state index in [1.165, 1.54) is 50.7 Å². The van der Waals surface area contributed by atoms with E-state index in [0.29, 0.717) is 72.8 Å². The highest BCUT2D eigenvalue weighted by molar-refractivity contribution is 6.03. The van der Waals surface area contributed by atoms with Gasteiger partial charge in [-0.15, -0.1) is 6.58 Å². The molecule has 1 fully saturated rings. The Hall–Kier alpha value is -6.95. The number of ether oxygens (including phenoxy) is 6. The summed E-state index contributed by atoms with van der Waals surface area (Å²) in [6.07, 6.45) is 18.0. The van der Waals surface area contributed by atoms with Crippen LogP contribution in [-0.2, 0) is 34.0 Å². The average Bonchev–Trinajstić information content (AvgIpc) is 4.07. The molecule has 17 nitrogen and oxygen atoms in total. The third-order valence-corrected chi connectivity index (χ3v) is 15.8. The van der Waals surface area contributed by atoms with Gasteiger partial charge in [-0.25, -0.2) is 9.59 Å². The molecule has 2 aliphatic carbocycles. The van der Waals surface area contributed by atoms with Gasteiger partial charge in [0.1, 0.15) is 24.1 Å². The number of aliphatic hydroxyl groups excluding tert-OH is 2. The first-order valence-corrected chi connectivity index (χ1v) is 28.9. The summed E-state index contributed by atoms with van der Waals surface area (Å²) < 4.78 is 38.6. The van der Waals surface area contributed by atoms with Crippen molar-refractivity contribution in [2.24, 2.45) is 22.9 Å². The maximum absolute atomic E-state index is 15.3. The second-order valence-electron chi connectivity index (χ2n) is 21.3. The van der Waals surface area contributed by atoms with E-state index >= 15 is 4.79 Å². The van der Waals surface area contributed by atoms with Gasteiger partial charge in [0.2, 0.25) is 12.6 Å². The van der Waals surface area contributed by atoms with E-state index in [2.05, 4.69) is 24.9 Å². The van der Waals surface area contributed by atoms with E-state index in [1.54, 1.807) is 35.2 Å². The molecule has 0 saturated heterocycles. The van der Waals surface area contributed by atoms with Crippen molar-refractivity contribution in [1.82, 2.24) is 10.2 Å². The summed E-state index contributed by atoms with van der Waals surface area (Å²) in [5.74, 6) is -0.991. The first kappa shape index (κ1) is 59.2. The molecule has 8 rings (SSSR count). The van der Waals surface area contributed by atoms with Crippen LogP contribution in [0.3, 0.4) is 0 Å². The number of hydrogen-bond donors (Lipinski definition) is 3. The molecule has 0 bridgehead atoms. The Morgan fingerprint density at radius 3 is 2.25 bits per heavy atom. The highest BCUT2D eigenvalue weighted by Crippen LogP contribution is 2.62. The molecule has 4 aromatic carbocycles. The van der Waals surface area contributed by atoms with Crippen LogP contribution in [0.5, 0.6) is 23.0 Å². The first-order valence-electron chi connectivity index (χ1n) is 28.9. The first-order chi connectivity index (χ1) is 39.2. The molecule has 430 valence electrons. The number of amides is 2. The van der Waals surface area contributed by atoms with Crippen LogP contribution >= 0.6 is 0 Å². The molecule has 2 amide bonds. The number of oxime groups is 1. The van der Waals surface area contributed by atoms with E-state index in [9.17, 15) is 25.1 Å². The van der Waals surface area contributed by atoms with Gasteiger partial charge in [-0.2, -0.15) is 0 Å². The number of nitrogens with one attached hydrogen (secondary N) is 1. The molecular formula is C63H80N4O13. The van der Waals surface area contributed by atoms with Crippen LogP contribution in [0, 0.1) is 27.9 Å². The van der Waals surface area contributed by atoms with Gasteiger partial charge < -0.3 is 48.8 Å². The molecule has 4 aromatic rings. The minimum atomic E-state index is -1.62. The van der Waals surface area contributed by atoms with Gasteiger partial charge in [-0.1, -0.05) is 131 Å². The smallest absolute Gasteiger partial charge is 0.412 e. The molecule has 3 N–H and O–H groups in total. The van der Waals surface area contributed by atoms with Gasteiger partial charge in [-0.05, 0) is 109 Å². The summed E-state index contributed by atoms with van der Waals surface area (Å²) in [5, 5.41) is 39.6. The number of rotatable bonds is 32. The highest BCUT2D eigenvalue weighted by Gasteiger charge is 2.66. The van der Waals surface area contributed by atoms with Gasteiger partial charge >= 0.3 is 12.2 Å². The number of carbonyl (C=O) groups excluding carboxylic acids is 2. The van der Waals surface area contributed by atoms with E-state index in [0.717, 1.165) is 47.9 Å². The number of nitro benzene ring substituents is 1. The normalized spacial score (nSPS) is 20.9. The Balaban J connectivity index is 1.22. The van der Waals surface area contributed by atoms with Gasteiger partial charge in [0.25, 0.3) is 5.69 Å². The second kappa shape index (κ2) is 30.0. The van der Waals surface area contributed by atoms with E-state index < -0.39 is 40.8 Å². The molecule has 80 heavy (non-hydrogen) atoms. The van der Waals surface area contributed by atoms with Gasteiger partial charge in [0, 0.05) is 56.3 Å². The van der Waals surface area contributed by atoms with Crippen LogP contribution in [0.15, 0.2) is 120 Å². The number of unbranched alkanes of at least 4 members (excludes halogenated alkanes) is 11. The fourth-order valence-electron chi connectivity index (χ4n) is 11.9. The van der Waals surface area contributed by atoms with Crippen molar-refractivity contribution in [3.8, 4) is 23.0 Å². The molecule has 2 aliphatic heterocycles. The van der Waals surface area contributed by atoms with Gasteiger partial charge in [-0.3, -0.25) is 15.0 Å². The number of allylic oxidation sites excluding steroid dienone is 1. The number of nitro groups is 1. The summed E-state index contributed by atoms with van der Waals surface area (Å²) >= 11 is 0. The van der Waals surface area contributed by atoms with Crippen LogP contribution in [0.2, 0.25) is 0 Å². The molecule has 6 unspecified atom stereocenters. The minimum absolute atomic E-state index is 0.0104. The topological polar surface area (TPSA) is 210 Å². The van der Waals surface area contributed by atoms with Crippen LogP contribution < -0.4 is 24.3 Å². The fourth-order valence-corrected chi connectivity index (χ4v) is 11.9. The third-order valence-electron chi connectivity index (χ3n) is 15.8. The lowest BCUT2D eigenvalue weighted by molar-refractivity contribution is -0.384. The van der Waals surface area contributed by atoms with Crippen LogP contribution in [0.4, 0.5) is 15.3 Å². The molecular weight excluding hydrogens is 1020 g/mol. The van der Waals surface area contributed by atoms with Crippen molar-refractivity contribution in [3.63, 3.8) is 0 Å². The zero-order valence-electron chi connectivity index (χ0n) is 46.3. The molecule has 0 spiro atoms. The maximum Gasteiger partial charge on any atom is 0.412 e. The number of non-ortho nitro benzene ring substituents is 1. The average molecular weight is 1100 g/mol. The predicted octanol–water partition coefficient (Wildman–Crippen LogP) is 13.0. The minimum Gasteiger partial charge on any atom is -0.459 e. The number of fused-ring (bicyclic) bond motifs is 3. The van der Waals surface area contributed by atoms with Crippen molar-refractivity contribution >= 4 is 23.6 Å². The molecule has 0 radical (unpaired) electrons. The second-order valence-corrected chi connectivity index (χ2v) is 21.3. The van der Waals surface area contributed by atoms with Gasteiger partial charge in [0.15, 0.2) is 11.5 Å². The maximum atomic E-state index is 15.3. The monoisotopic (exact) mass is 1100 g/mol. The van der Waals surface area contributed by atoms with Crippen molar-refractivity contribution < 1.29 is 58.0 Å². The van der Waals surface area contributed by atoms with Crippen molar-refractivity contribution in [3.05, 3.63) is 148 Å². The van der Waals surface area contributed by atoms with Gasteiger partial charge in [0.05, 0.1) is 29.8 Å². The SMILES string of the molecule is C=CCOC12Oc3ccc(OC(=O)NCc4ccccc4)cc3C3C(CCCCO)C(CCCCO)C=C(C(=NOCc4ccc([N+](=O)[O-])cc4)CC1N(Cc1ccc4c(c1)OCO4)C(=O)OCCCCCCCCCCCC)C32. The standard InChI is InChI=1S/C63H80N4O13/c1-3-5-6-7-8-9-10-11-12-20-36-74-62(71)66(42-47-27-31-56-57(37-47)76-44-75-56)58-40-54(65-78-43-46-25-28-49(29-26-46)67(72)73)52-38-48(23-16-18-33-68)51(24-17-19-34-69)59-53-39-50(79-61(70)64-41-45-21-14-13-15-22-45)30-32-55(53)80-63(58,60(52)59)77-35-4-2/h4,13-15,21-22,25-32,37-39,48,51,58-60,68-69H,2-3,5-12,16-20,23-24,33-36,40-44H2,1H3,(H,64,70). The summed E-state index contributed by atoms with van der Waals surface area (Å²) in [5.41, 5.74) is 4.38. The zero-order chi connectivity index (χ0) is 56.1. The van der Waals surface area contributed by atoms with Crippen LogP contribution in [0.1, 0.15) is 144 Å². The summed E-state index contributed by atoms with van der Waals surface area (Å²) in [6.45, 7) is 6.97. The van der Waals surface area contributed by atoms with Crippen molar-refractivity contribution in [1.29, 1.82) is 0 Å². The number of carbonyl (C=O) groups is 2. The summed E-state index contributed by atoms with van der Waals surface area (Å²) in [4.78, 5) is 47.9. The lowest BCUT2D eigenvalue weighted by Gasteiger charge is -2.59. The lowest BCUT2D eigenvalue weighted by atomic mass is 9.55. The molecule has 4 aliphatic rings. The molecule has 0 aromatic heterocycles. The number of nitrogens with zero attached hydrogens (tertiary/aromatic N) is 3. The van der Waals surface area contributed by atoms with Crippen LogP contribution in [0.25, 0.3) is 0 Å². The predicted molar refractivity (Wildman–Crippen MR) is 303 cm³/mol. The lowest BCUT2D eigenvalue weighted by Crippen LogP contribution is -2.70. The van der Waals surface area contributed by atoms with Crippen molar-refractivity contribution in [2.75, 3.05) is 33.2 Å². The van der Waals surface area contributed by atoms with E-state index in [1.807, 2.05) is 54.6 Å². The highest BCUT2D eigenvalue weighted by atomic mass is 16.7. The van der Waals surface area contributed by atoms with E-state index in [4.69, 9.17) is 38.4 Å². The van der Waals surface area contributed by atoms with Crippen LogP contribution in [-0.4, -0.2) is 83.0 Å². The van der Waals surface area contributed by atoms with Crippen molar-refractivity contribution in [2.45, 2.75) is 154 Å². The Morgan fingerprint density at radius 1 is 0.825 bits per heavy atom. The largest absolute Gasteiger partial charge is 0.459 e. The number of aliphatic hydroxyl groups is 2. The summed E-state index contributed by atoms with van der Waals surface area (Å²) in [6, 6.07) is 25.7. The Labute approximate surface area is 470 Å². The number of benzene rings is 4. The number of hydrogen-bond acceptors (Lipinski definition) is 14. The zero-order valence-corrected chi connectivity index (χ0v) is 46.3. The fraction of sp³-hybridized carbons (Fsp3) is 0.508. The molecule has 1 saturated carbocycles. The molecule has 17 heteroatoms. The Kier molecular flexibility index (Phi) is 22.2. The Morgan fingerprint density at radius 2 is 1.52 bits per heavy atom. The van der Waals surface area contributed by atoms with E-state index in [-0.39, 0.29) is 76.9 Å². The quantitative estimate of drug-likeness (QED) is 0.0180. The Bertz CT molecular complexity index is 2720. The molecule has 2 heterocycles.